The van der Waals surface area contributed by atoms with E-state index in [4.69, 9.17) is 10.9 Å². The maximum atomic E-state index is 12.6. The van der Waals surface area contributed by atoms with Gasteiger partial charge in [-0.3, -0.25) is 4.68 Å². The first kappa shape index (κ1) is 16.4. The molecule has 1 atom stereocenters. The summed E-state index contributed by atoms with van der Waals surface area (Å²) in [4.78, 5) is 0.203. The Bertz CT molecular complexity index is 620. The maximum Gasteiger partial charge on any atom is 0.246 e. The molecular formula is C11H21N5O3S. The van der Waals surface area contributed by atoms with E-state index in [1.54, 1.807) is 27.8 Å². The maximum absolute atomic E-state index is 12.6. The summed E-state index contributed by atoms with van der Waals surface area (Å²) in [5.41, 5.74) is 6.50. The van der Waals surface area contributed by atoms with Crippen LogP contribution in [0.4, 0.5) is 0 Å². The van der Waals surface area contributed by atoms with Gasteiger partial charge in [-0.25, -0.2) is 12.7 Å². The van der Waals surface area contributed by atoms with E-state index in [9.17, 15) is 8.42 Å². The Morgan fingerprint density at radius 1 is 1.55 bits per heavy atom. The predicted octanol–water partition coefficient (Wildman–Crippen LogP) is 0.0399. The molecule has 1 heterocycles. The van der Waals surface area contributed by atoms with E-state index < -0.39 is 15.9 Å². The van der Waals surface area contributed by atoms with Crippen LogP contribution in [0.25, 0.3) is 0 Å². The molecule has 1 rings (SSSR count). The molecule has 0 saturated carbocycles. The molecule has 3 N–H and O–H groups in total. The van der Waals surface area contributed by atoms with E-state index in [0.717, 1.165) is 0 Å². The van der Waals surface area contributed by atoms with Crippen molar-refractivity contribution in [3.8, 4) is 0 Å². The van der Waals surface area contributed by atoms with Crippen LogP contribution in [0, 0.1) is 19.8 Å². The van der Waals surface area contributed by atoms with Crippen molar-refractivity contribution in [3.63, 3.8) is 0 Å². The smallest absolute Gasteiger partial charge is 0.246 e. The minimum Gasteiger partial charge on any atom is -0.409 e. The van der Waals surface area contributed by atoms with Crippen LogP contribution in [0.1, 0.15) is 18.3 Å². The minimum absolute atomic E-state index is 0.00770. The first-order chi connectivity index (χ1) is 9.12. The summed E-state index contributed by atoms with van der Waals surface area (Å²) in [5.74, 6) is -0.399. The van der Waals surface area contributed by atoms with Crippen LogP contribution in [-0.2, 0) is 17.1 Å². The van der Waals surface area contributed by atoms with Crippen LogP contribution in [0.15, 0.2) is 10.1 Å². The Kier molecular flexibility index (Phi) is 4.77. The summed E-state index contributed by atoms with van der Waals surface area (Å²) in [7, 11) is -0.503. The quantitative estimate of drug-likeness (QED) is 0.345. The molecule has 0 aliphatic rings. The first-order valence-electron chi connectivity index (χ1n) is 6.06. The van der Waals surface area contributed by atoms with Crippen molar-refractivity contribution >= 4 is 15.9 Å². The molecule has 8 nitrogen and oxygen atoms in total. The van der Waals surface area contributed by atoms with Crippen LogP contribution in [0.5, 0.6) is 0 Å². The van der Waals surface area contributed by atoms with Gasteiger partial charge < -0.3 is 10.9 Å². The van der Waals surface area contributed by atoms with Gasteiger partial charge in [0.05, 0.1) is 11.4 Å². The normalized spacial score (nSPS) is 14.8. The summed E-state index contributed by atoms with van der Waals surface area (Å²) in [6.07, 6.45) is 0. The standard InChI is InChI=1S/C11H21N5O3S/c1-7(11(12)14-17)6-15(4)20(18,19)10-8(2)13-16(5)9(10)3/h7,17H,6H2,1-5H3,(H2,12,14). The molecule has 114 valence electrons. The highest BCUT2D eigenvalue weighted by Gasteiger charge is 2.29. The van der Waals surface area contributed by atoms with Gasteiger partial charge in [-0.2, -0.15) is 5.10 Å². The molecular weight excluding hydrogens is 282 g/mol. The monoisotopic (exact) mass is 303 g/mol. The van der Waals surface area contributed by atoms with Crippen molar-refractivity contribution < 1.29 is 13.6 Å². The van der Waals surface area contributed by atoms with Gasteiger partial charge in [-0.1, -0.05) is 12.1 Å². The number of amidine groups is 1. The van der Waals surface area contributed by atoms with E-state index >= 15 is 0 Å². The Labute approximate surface area is 118 Å². The van der Waals surface area contributed by atoms with Crippen LogP contribution in [-0.4, -0.2) is 47.1 Å². The lowest BCUT2D eigenvalue weighted by Gasteiger charge is -2.20. The van der Waals surface area contributed by atoms with Gasteiger partial charge in [0.15, 0.2) is 0 Å². The van der Waals surface area contributed by atoms with Gasteiger partial charge in [0.1, 0.15) is 10.7 Å². The lowest BCUT2D eigenvalue weighted by Crippen LogP contribution is -2.36. The van der Waals surface area contributed by atoms with E-state index in [1.165, 1.54) is 16.0 Å². The van der Waals surface area contributed by atoms with Crippen molar-refractivity contribution in [2.45, 2.75) is 25.7 Å². The molecule has 0 aliphatic carbocycles. The second-order valence-corrected chi connectivity index (χ2v) is 6.82. The first-order valence-corrected chi connectivity index (χ1v) is 7.50. The van der Waals surface area contributed by atoms with Crippen LogP contribution in [0.2, 0.25) is 0 Å². The lowest BCUT2D eigenvalue weighted by molar-refractivity contribution is 0.312. The summed E-state index contributed by atoms with van der Waals surface area (Å²) in [6, 6.07) is 0. The van der Waals surface area contributed by atoms with Crippen LogP contribution >= 0.6 is 0 Å². The molecule has 0 radical (unpaired) electrons. The molecule has 1 unspecified atom stereocenters. The Morgan fingerprint density at radius 3 is 2.50 bits per heavy atom. The topological polar surface area (TPSA) is 114 Å². The van der Waals surface area contributed by atoms with Gasteiger partial charge in [-0.15, -0.1) is 0 Å². The summed E-state index contributed by atoms with van der Waals surface area (Å²) in [6.45, 7) is 5.16. The number of hydrogen-bond donors (Lipinski definition) is 2. The fourth-order valence-corrected chi connectivity index (χ4v) is 3.61. The molecule has 0 bridgehead atoms. The number of sulfonamides is 1. The number of rotatable bonds is 5. The Morgan fingerprint density at radius 2 is 2.10 bits per heavy atom. The van der Waals surface area contributed by atoms with Gasteiger partial charge in [0, 0.05) is 26.6 Å². The fraction of sp³-hybridized carbons (Fsp3) is 0.636. The van der Waals surface area contributed by atoms with Crippen molar-refractivity contribution in [2.24, 2.45) is 23.9 Å². The van der Waals surface area contributed by atoms with E-state index in [-0.39, 0.29) is 17.3 Å². The SMILES string of the molecule is Cc1nn(C)c(C)c1S(=O)(=O)N(C)CC(C)C(N)=NO. The fourth-order valence-electron chi connectivity index (χ4n) is 1.96. The number of aryl methyl sites for hydroxylation is 2. The second-order valence-electron chi connectivity index (χ2n) is 4.84. The largest absolute Gasteiger partial charge is 0.409 e. The average molecular weight is 303 g/mol. The van der Waals surface area contributed by atoms with Crippen molar-refractivity contribution in [3.05, 3.63) is 11.4 Å². The molecule has 0 amide bonds. The van der Waals surface area contributed by atoms with Crippen molar-refractivity contribution in [1.82, 2.24) is 14.1 Å². The molecule has 0 aliphatic heterocycles. The Balaban J connectivity index is 3.11. The zero-order valence-electron chi connectivity index (χ0n) is 12.3. The van der Waals surface area contributed by atoms with E-state index in [1.807, 2.05) is 0 Å². The van der Waals surface area contributed by atoms with Crippen molar-refractivity contribution in [2.75, 3.05) is 13.6 Å². The van der Waals surface area contributed by atoms with Gasteiger partial charge in [0.25, 0.3) is 0 Å². The van der Waals surface area contributed by atoms with Crippen molar-refractivity contribution in [1.29, 1.82) is 0 Å². The molecule has 1 aromatic rings. The van der Waals surface area contributed by atoms with Crippen LogP contribution in [0.3, 0.4) is 0 Å². The van der Waals surface area contributed by atoms with Crippen LogP contribution < -0.4 is 5.73 Å². The average Bonchev–Trinajstić information content (AvgIpc) is 2.62. The molecule has 0 fully saturated rings. The summed E-state index contributed by atoms with van der Waals surface area (Å²) >= 11 is 0. The van der Waals surface area contributed by atoms with Gasteiger partial charge in [0.2, 0.25) is 10.0 Å². The number of nitrogens with zero attached hydrogens (tertiary/aromatic N) is 4. The molecule has 1 aromatic heterocycles. The number of nitrogens with two attached hydrogens (primary N) is 1. The highest BCUT2D eigenvalue weighted by Crippen LogP contribution is 2.22. The summed E-state index contributed by atoms with van der Waals surface area (Å²) in [5, 5.41) is 15.6. The number of hydrogen-bond acceptors (Lipinski definition) is 5. The van der Waals surface area contributed by atoms with Gasteiger partial charge in [-0.05, 0) is 13.8 Å². The minimum atomic E-state index is -3.66. The zero-order chi connectivity index (χ0) is 15.7. The highest BCUT2D eigenvalue weighted by molar-refractivity contribution is 7.89. The van der Waals surface area contributed by atoms with E-state index in [0.29, 0.717) is 11.4 Å². The summed E-state index contributed by atoms with van der Waals surface area (Å²) < 4.78 is 27.8. The third-order valence-corrected chi connectivity index (χ3v) is 5.34. The van der Waals surface area contributed by atoms with Gasteiger partial charge >= 0.3 is 0 Å². The zero-order valence-corrected chi connectivity index (χ0v) is 13.1. The third-order valence-electron chi connectivity index (χ3n) is 3.26. The molecule has 0 aromatic carbocycles. The molecule has 0 saturated heterocycles. The number of aromatic nitrogens is 2. The number of oxime groups is 1. The molecule has 9 heteroatoms. The second kappa shape index (κ2) is 5.80. The highest BCUT2D eigenvalue weighted by atomic mass is 32.2. The Hall–Kier alpha value is -1.61. The lowest BCUT2D eigenvalue weighted by atomic mass is 10.2. The molecule has 0 spiro atoms. The molecule has 20 heavy (non-hydrogen) atoms. The third kappa shape index (κ3) is 2.93. The van der Waals surface area contributed by atoms with E-state index in [2.05, 4.69) is 10.3 Å². The predicted molar refractivity (Wildman–Crippen MR) is 75.1 cm³/mol.